The number of rotatable bonds is 6. The molecule has 0 bridgehead atoms. The Morgan fingerprint density at radius 3 is 2.71 bits per heavy atom. The molecule has 0 saturated carbocycles. The van der Waals surface area contributed by atoms with Crippen molar-refractivity contribution in [1.82, 2.24) is 15.3 Å². The summed E-state index contributed by atoms with van der Waals surface area (Å²) in [6, 6.07) is 14.3. The minimum absolute atomic E-state index is 0.0411. The van der Waals surface area contributed by atoms with Crippen molar-refractivity contribution in [3.63, 3.8) is 0 Å². The Morgan fingerprint density at radius 1 is 1.11 bits per heavy atom. The number of aromatic nitrogens is 2. The normalized spacial score (nSPS) is 10.2. The van der Waals surface area contributed by atoms with Gasteiger partial charge in [-0.15, -0.1) is 0 Å². The van der Waals surface area contributed by atoms with Crippen molar-refractivity contribution in [2.75, 3.05) is 12.4 Å². The average Bonchev–Trinajstić information content (AvgIpc) is 2.72. The highest BCUT2D eigenvalue weighted by atomic mass is 19.1. The van der Waals surface area contributed by atoms with Crippen LogP contribution < -0.4 is 10.6 Å². The predicted molar refractivity (Wildman–Crippen MR) is 101 cm³/mol. The first kappa shape index (κ1) is 19.0. The van der Waals surface area contributed by atoms with Gasteiger partial charge in [-0.1, -0.05) is 24.3 Å². The van der Waals surface area contributed by atoms with Crippen molar-refractivity contribution in [2.24, 2.45) is 0 Å². The summed E-state index contributed by atoms with van der Waals surface area (Å²) in [6.45, 7) is 0.0411. The first-order valence-electron chi connectivity index (χ1n) is 8.37. The monoisotopic (exact) mass is 380 g/mol. The molecule has 0 aliphatic rings. The third-order valence-electron chi connectivity index (χ3n) is 3.83. The number of benzene rings is 2. The Balaban J connectivity index is 1.69. The van der Waals surface area contributed by atoms with Gasteiger partial charge in [-0.05, 0) is 30.3 Å². The number of nitrogens with zero attached hydrogens (tertiary/aromatic N) is 2. The maximum absolute atomic E-state index is 13.6. The van der Waals surface area contributed by atoms with Crippen molar-refractivity contribution in [1.29, 1.82) is 0 Å². The molecule has 0 aliphatic carbocycles. The van der Waals surface area contributed by atoms with Gasteiger partial charge in [0.15, 0.2) is 0 Å². The number of hydrogen-bond acceptors (Lipinski definition) is 6. The molecule has 7 nitrogen and oxygen atoms in total. The molecule has 8 heteroatoms. The minimum Gasteiger partial charge on any atom is -0.465 e. The lowest BCUT2D eigenvalue weighted by atomic mass is 10.2. The fourth-order valence-corrected chi connectivity index (χ4v) is 2.42. The maximum Gasteiger partial charge on any atom is 0.337 e. The van der Waals surface area contributed by atoms with Crippen LogP contribution in [0, 0.1) is 5.82 Å². The van der Waals surface area contributed by atoms with E-state index in [1.165, 1.54) is 25.4 Å². The van der Waals surface area contributed by atoms with E-state index in [-0.39, 0.29) is 18.2 Å². The summed E-state index contributed by atoms with van der Waals surface area (Å²) in [4.78, 5) is 32.1. The van der Waals surface area contributed by atoms with Gasteiger partial charge >= 0.3 is 5.97 Å². The highest BCUT2D eigenvalue weighted by molar-refractivity contribution is 5.92. The molecule has 1 aromatic heterocycles. The summed E-state index contributed by atoms with van der Waals surface area (Å²) in [5.41, 5.74) is 1.43. The largest absolute Gasteiger partial charge is 0.465 e. The number of carbonyl (C=O) groups is 2. The molecule has 28 heavy (non-hydrogen) atoms. The zero-order valence-electron chi connectivity index (χ0n) is 15.0. The highest BCUT2D eigenvalue weighted by Gasteiger charge is 2.11. The second-order valence-corrected chi connectivity index (χ2v) is 5.74. The fourth-order valence-electron chi connectivity index (χ4n) is 2.42. The third kappa shape index (κ3) is 4.67. The van der Waals surface area contributed by atoms with Crippen molar-refractivity contribution < 1.29 is 18.7 Å². The van der Waals surface area contributed by atoms with Gasteiger partial charge < -0.3 is 15.4 Å². The quantitative estimate of drug-likeness (QED) is 0.639. The van der Waals surface area contributed by atoms with E-state index < -0.39 is 17.7 Å². The number of halogens is 1. The Kier molecular flexibility index (Phi) is 5.91. The van der Waals surface area contributed by atoms with E-state index in [2.05, 4.69) is 25.3 Å². The van der Waals surface area contributed by atoms with Crippen LogP contribution in [0.15, 0.2) is 60.8 Å². The maximum atomic E-state index is 13.6. The van der Waals surface area contributed by atoms with Gasteiger partial charge in [0.25, 0.3) is 5.91 Å². The summed E-state index contributed by atoms with van der Waals surface area (Å²) in [7, 11) is 1.30. The van der Waals surface area contributed by atoms with E-state index in [9.17, 15) is 14.0 Å². The summed E-state index contributed by atoms with van der Waals surface area (Å²) >= 11 is 0. The van der Waals surface area contributed by atoms with Gasteiger partial charge in [0, 0.05) is 24.0 Å². The van der Waals surface area contributed by atoms with Gasteiger partial charge in [0.1, 0.15) is 11.5 Å². The van der Waals surface area contributed by atoms with Crippen molar-refractivity contribution in [2.45, 2.75) is 6.54 Å². The number of amides is 1. The fraction of sp³-hybridized carbons (Fsp3) is 0.100. The lowest BCUT2D eigenvalue weighted by molar-refractivity contribution is 0.0600. The number of nitrogens with one attached hydrogen (secondary N) is 2. The number of anilines is 2. The zero-order valence-corrected chi connectivity index (χ0v) is 15.0. The van der Waals surface area contributed by atoms with Gasteiger partial charge in [-0.2, -0.15) is 0 Å². The molecule has 0 radical (unpaired) electrons. The van der Waals surface area contributed by atoms with Gasteiger partial charge in [0.05, 0.1) is 12.7 Å². The van der Waals surface area contributed by atoms with Crippen LogP contribution in [0.5, 0.6) is 0 Å². The zero-order chi connectivity index (χ0) is 19.9. The lowest BCUT2D eigenvalue weighted by Crippen LogP contribution is -2.24. The molecule has 0 unspecified atom stereocenters. The number of esters is 1. The van der Waals surface area contributed by atoms with Crippen LogP contribution in [0.4, 0.5) is 16.0 Å². The second-order valence-electron chi connectivity index (χ2n) is 5.74. The second kappa shape index (κ2) is 8.72. The molecular weight excluding hydrogens is 363 g/mol. The lowest BCUT2D eigenvalue weighted by Gasteiger charge is -2.09. The summed E-state index contributed by atoms with van der Waals surface area (Å²) in [6.07, 6.45) is 1.43. The number of methoxy groups -OCH3 is 1. The van der Waals surface area contributed by atoms with Crippen LogP contribution in [-0.2, 0) is 11.3 Å². The number of carbonyl (C=O) groups excluding carboxylic acids is 2. The van der Waals surface area contributed by atoms with Crippen LogP contribution in [0.25, 0.3) is 0 Å². The molecule has 2 aromatic carbocycles. The first-order chi connectivity index (χ1) is 13.6. The third-order valence-corrected chi connectivity index (χ3v) is 3.83. The number of ether oxygens (including phenoxy) is 1. The smallest absolute Gasteiger partial charge is 0.337 e. The molecule has 0 fully saturated rings. The van der Waals surface area contributed by atoms with Crippen LogP contribution >= 0.6 is 0 Å². The Bertz CT molecular complexity index is 1010. The van der Waals surface area contributed by atoms with Crippen LogP contribution in [0.1, 0.15) is 26.4 Å². The summed E-state index contributed by atoms with van der Waals surface area (Å²) in [5.74, 6) is -1.14. The van der Waals surface area contributed by atoms with Crippen molar-refractivity contribution >= 4 is 23.5 Å². The molecule has 1 amide bonds. The molecule has 2 N–H and O–H groups in total. The van der Waals surface area contributed by atoms with Gasteiger partial charge in [0.2, 0.25) is 5.95 Å². The first-order valence-corrected chi connectivity index (χ1v) is 8.37. The molecule has 0 aliphatic heterocycles. The number of hydrogen-bond donors (Lipinski definition) is 2. The topological polar surface area (TPSA) is 93.2 Å². The van der Waals surface area contributed by atoms with Gasteiger partial charge in [-0.3, -0.25) is 4.79 Å². The minimum atomic E-state index is -0.467. The SMILES string of the molecule is COC(=O)c1cccc(Nc2nccc(C(=O)NCc3ccccc3F)n2)c1. The van der Waals surface area contributed by atoms with E-state index in [1.807, 2.05) is 0 Å². The Labute approximate surface area is 160 Å². The van der Waals surface area contributed by atoms with Crippen molar-refractivity contribution in [3.05, 3.63) is 83.4 Å². The summed E-state index contributed by atoms with van der Waals surface area (Å²) < 4.78 is 18.3. The molecule has 0 atom stereocenters. The predicted octanol–water partition coefficient (Wildman–Crippen LogP) is 3.08. The highest BCUT2D eigenvalue weighted by Crippen LogP contribution is 2.15. The average molecular weight is 380 g/mol. The molecular formula is C20H17FN4O3. The van der Waals surface area contributed by atoms with Crippen LogP contribution in [0.3, 0.4) is 0 Å². The standard InChI is InChI=1S/C20H17FN4O3/c1-28-19(27)13-6-4-7-15(11-13)24-20-22-10-9-17(25-20)18(26)23-12-14-5-2-3-8-16(14)21/h2-11H,12H2,1H3,(H,23,26)(H,22,24,25). The van der Waals surface area contributed by atoms with Crippen LogP contribution in [0.2, 0.25) is 0 Å². The molecule has 142 valence electrons. The molecule has 0 saturated heterocycles. The van der Waals surface area contributed by atoms with Gasteiger partial charge in [-0.25, -0.2) is 19.2 Å². The van der Waals surface area contributed by atoms with E-state index in [0.717, 1.165) is 0 Å². The molecule has 0 spiro atoms. The van der Waals surface area contributed by atoms with Crippen LogP contribution in [-0.4, -0.2) is 29.0 Å². The van der Waals surface area contributed by atoms with E-state index in [0.29, 0.717) is 16.8 Å². The molecule has 3 rings (SSSR count). The molecule has 1 heterocycles. The summed E-state index contributed by atoms with van der Waals surface area (Å²) in [5, 5.41) is 5.55. The molecule has 3 aromatic rings. The Hall–Kier alpha value is -3.81. The van der Waals surface area contributed by atoms with E-state index >= 15 is 0 Å². The van der Waals surface area contributed by atoms with E-state index in [1.54, 1.807) is 42.5 Å². The van der Waals surface area contributed by atoms with Crippen molar-refractivity contribution in [3.8, 4) is 0 Å². The van der Waals surface area contributed by atoms with E-state index in [4.69, 9.17) is 0 Å². The Morgan fingerprint density at radius 2 is 1.93 bits per heavy atom.